The van der Waals surface area contributed by atoms with Crippen LogP contribution in [0.4, 0.5) is 0 Å². The SMILES string of the molecule is CCOC(=O)C(CC(=O)OCC(C)C)CC(C)C. The average Bonchev–Trinajstić information content (AvgIpc) is 2.25. The standard InChI is InChI=1S/C14H26O4/c1-6-17-14(16)12(7-10(2)3)8-13(15)18-9-11(4)5/h10-12H,6-9H2,1-5H3. The first-order chi connectivity index (χ1) is 8.36. The molecule has 0 saturated carbocycles. The summed E-state index contributed by atoms with van der Waals surface area (Å²) >= 11 is 0. The summed E-state index contributed by atoms with van der Waals surface area (Å²) in [6, 6.07) is 0. The summed E-state index contributed by atoms with van der Waals surface area (Å²) < 4.78 is 10.1. The zero-order valence-electron chi connectivity index (χ0n) is 12.2. The normalized spacial score (nSPS) is 12.6. The van der Waals surface area contributed by atoms with Gasteiger partial charge < -0.3 is 9.47 Å². The van der Waals surface area contributed by atoms with Gasteiger partial charge in [0.15, 0.2) is 0 Å². The van der Waals surface area contributed by atoms with E-state index >= 15 is 0 Å². The molecule has 0 rings (SSSR count). The van der Waals surface area contributed by atoms with Gasteiger partial charge in [0.25, 0.3) is 0 Å². The Kier molecular flexibility index (Phi) is 8.42. The van der Waals surface area contributed by atoms with Gasteiger partial charge in [-0.25, -0.2) is 0 Å². The molecule has 0 radical (unpaired) electrons. The Balaban J connectivity index is 4.30. The summed E-state index contributed by atoms with van der Waals surface area (Å²) in [4.78, 5) is 23.3. The van der Waals surface area contributed by atoms with E-state index in [0.717, 1.165) is 0 Å². The Morgan fingerprint density at radius 1 is 1.00 bits per heavy atom. The summed E-state index contributed by atoms with van der Waals surface area (Å²) in [6.45, 7) is 10.5. The van der Waals surface area contributed by atoms with E-state index in [2.05, 4.69) is 0 Å². The van der Waals surface area contributed by atoms with Crippen LogP contribution in [0.15, 0.2) is 0 Å². The van der Waals surface area contributed by atoms with Crippen LogP contribution >= 0.6 is 0 Å². The molecule has 0 bridgehead atoms. The van der Waals surface area contributed by atoms with E-state index in [1.807, 2.05) is 27.7 Å². The molecule has 0 aliphatic rings. The number of rotatable bonds is 8. The number of esters is 2. The molecule has 0 heterocycles. The molecule has 18 heavy (non-hydrogen) atoms. The van der Waals surface area contributed by atoms with Gasteiger partial charge in [0, 0.05) is 0 Å². The first kappa shape index (κ1) is 16.9. The average molecular weight is 258 g/mol. The van der Waals surface area contributed by atoms with Crippen molar-refractivity contribution < 1.29 is 19.1 Å². The lowest BCUT2D eigenvalue weighted by Crippen LogP contribution is -2.24. The third-order valence-electron chi connectivity index (χ3n) is 2.37. The van der Waals surface area contributed by atoms with Crippen LogP contribution in [0.3, 0.4) is 0 Å². The molecule has 0 aliphatic heterocycles. The Hall–Kier alpha value is -1.06. The van der Waals surface area contributed by atoms with Crippen molar-refractivity contribution in [2.45, 2.75) is 47.5 Å². The Bertz CT molecular complexity index is 259. The van der Waals surface area contributed by atoms with Crippen molar-refractivity contribution in [2.75, 3.05) is 13.2 Å². The smallest absolute Gasteiger partial charge is 0.309 e. The van der Waals surface area contributed by atoms with Crippen molar-refractivity contribution in [3.8, 4) is 0 Å². The predicted octanol–water partition coefficient (Wildman–Crippen LogP) is 2.80. The molecule has 4 heteroatoms. The molecule has 0 N–H and O–H groups in total. The van der Waals surface area contributed by atoms with E-state index in [9.17, 15) is 9.59 Å². The lowest BCUT2D eigenvalue weighted by molar-refractivity contribution is -0.156. The molecule has 0 aromatic heterocycles. The van der Waals surface area contributed by atoms with Crippen molar-refractivity contribution in [3.05, 3.63) is 0 Å². The molecule has 1 unspecified atom stereocenters. The van der Waals surface area contributed by atoms with Crippen molar-refractivity contribution in [2.24, 2.45) is 17.8 Å². The van der Waals surface area contributed by atoms with E-state index in [0.29, 0.717) is 31.5 Å². The summed E-state index contributed by atoms with van der Waals surface area (Å²) in [7, 11) is 0. The molecular weight excluding hydrogens is 232 g/mol. The summed E-state index contributed by atoms with van der Waals surface area (Å²) in [6.07, 6.45) is 0.763. The molecule has 0 spiro atoms. The second-order valence-electron chi connectivity index (χ2n) is 5.36. The van der Waals surface area contributed by atoms with Crippen molar-refractivity contribution in [3.63, 3.8) is 0 Å². The first-order valence-corrected chi connectivity index (χ1v) is 6.69. The molecule has 1 atom stereocenters. The lowest BCUT2D eigenvalue weighted by atomic mass is 9.94. The zero-order valence-corrected chi connectivity index (χ0v) is 12.2. The summed E-state index contributed by atoms with van der Waals surface area (Å²) in [5.74, 6) is -0.350. The molecule has 0 aliphatic carbocycles. The van der Waals surface area contributed by atoms with E-state index in [4.69, 9.17) is 9.47 Å². The van der Waals surface area contributed by atoms with Gasteiger partial charge in [-0.15, -0.1) is 0 Å². The van der Waals surface area contributed by atoms with Gasteiger partial charge in [0.2, 0.25) is 0 Å². The second-order valence-corrected chi connectivity index (χ2v) is 5.36. The summed E-state index contributed by atoms with van der Waals surface area (Å²) in [5.41, 5.74) is 0. The highest BCUT2D eigenvalue weighted by Crippen LogP contribution is 2.18. The molecule has 0 aromatic rings. The fraction of sp³-hybridized carbons (Fsp3) is 0.857. The van der Waals surface area contributed by atoms with Gasteiger partial charge in [0.1, 0.15) is 0 Å². The van der Waals surface area contributed by atoms with E-state index < -0.39 is 0 Å². The van der Waals surface area contributed by atoms with Gasteiger partial charge in [0.05, 0.1) is 25.6 Å². The number of carbonyl (C=O) groups excluding carboxylic acids is 2. The minimum absolute atomic E-state index is 0.115. The van der Waals surface area contributed by atoms with Crippen LogP contribution in [0.25, 0.3) is 0 Å². The molecule has 0 fully saturated rings. The third kappa shape index (κ3) is 8.09. The predicted molar refractivity (Wildman–Crippen MR) is 70.0 cm³/mol. The highest BCUT2D eigenvalue weighted by atomic mass is 16.5. The number of carbonyl (C=O) groups is 2. The van der Waals surface area contributed by atoms with Crippen molar-refractivity contribution in [1.82, 2.24) is 0 Å². The minimum Gasteiger partial charge on any atom is -0.466 e. The second kappa shape index (κ2) is 8.95. The molecular formula is C14H26O4. The molecule has 106 valence electrons. The molecule has 0 amide bonds. The maximum atomic E-state index is 11.7. The van der Waals surface area contributed by atoms with Gasteiger partial charge in [-0.3, -0.25) is 9.59 Å². The quantitative estimate of drug-likeness (QED) is 0.628. The van der Waals surface area contributed by atoms with Crippen LogP contribution in [0, 0.1) is 17.8 Å². The minimum atomic E-state index is -0.385. The van der Waals surface area contributed by atoms with Gasteiger partial charge in [-0.1, -0.05) is 27.7 Å². The highest BCUT2D eigenvalue weighted by molar-refractivity contribution is 5.79. The number of hydrogen-bond acceptors (Lipinski definition) is 4. The van der Waals surface area contributed by atoms with Crippen molar-refractivity contribution >= 4 is 11.9 Å². The lowest BCUT2D eigenvalue weighted by Gasteiger charge is -2.17. The largest absolute Gasteiger partial charge is 0.466 e. The van der Waals surface area contributed by atoms with Crippen LogP contribution in [-0.2, 0) is 19.1 Å². The summed E-state index contributed by atoms with van der Waals surface area (Å²) in [5, 5.41) is 0. The maximum absolute atomic E-state index is 11.7. The zero-order chi connectivity index (χ0) is 14.1. The maximum Gasteiger partial charge on any atom is 0.309 e. The topological polar surface area (TPSA) is 52.6 Å². The Morgan fingerprint density at radius 3 is 2.06 bits per heavy atom. The highest BCUT2D eigenvalue weighted by Gasteiger charge is 2.25. The molecule has 0 saturated heterocycles. The van der Waals surface area contributed by atoms with Gasteiger partial charge in [-0.05, 0) is 25.2 Å². The van der Waals surface area contributed by atoms with Crippen LogP contribution in [-0.4, -0.2) is 25.2 Å². The third-order valence-corrected chi connectivity index (χ3v) is 2.37. The van der Waals surface area contributed by atoms with Crippen LogP contribution in [0.5, 0.6) is 0 Å². The fourth-order valence-corrected chi connectivity index (χ4v) is 1.61. The fourth-order valence-electron chi connectivity index (χ4n) is 1.61. The number of hydrogen-bond donors (Lipinski definition) is 0. The Labute approximate surface area is 110 Å². The van der Waals surface area contributed by atoms with Crippen LogP contribution < -0.4 is 0 Å². The van der Waals surface area contributed by atoms with Crippen molar-refractivity contribution in [1.29, 1.82) is 0 Å². The Morgan fingerprint density at radius 2 is 1.61 bits per heavy atom. The molecule has 0 aromatic carbocycles. The monoisotopic (exact) mass is 258 g/mol. The van der Waals surface area contributed by atoms with E-state index in [1.165, 1.54) is 0 Å². The number of ether oxygens (including phenoxy) is 2. The van der Waals surface area contributed by atoms with Crippen LogP contribution in [0.1, 0.15) is 47.5 Å². The van der Waals surface area contributed by atoms with Gasteiger partial charge in [-0.2, -0.15) is 0 Å². The van der Waals surface area contributed by atoms with Gasteiger partial charge >= 0.3 is 11.9 Å². The first-order valence-electron chi connectivity index (χ1n) is 6.69. The molecule has 4 nitrogen and oxygen atoms in total. The van der Waals surface area contributed by atoms with E-state index in [1.54, 1.807) is 6.92 Å². The van der Waals surface area contributed by atoms with Crippen LogP contribution in [0.2, 0.25) is 0 Å². The van der Waals surface area contributed by atoms with E-state index in [-0.39, 0.29) is 24.3 Å².